The monoisotopic (exact) mass is 1060 g/mol. The van der Waals surface area contributed by atoms with Crippen molar-refractivity contribution in [2.45, 2.75) is 116 Å². The standard InChI is InChI=1S/C62H68N4O12/c1-8-48(45-30-39(4)57(75-7)54(33-45)74-6)59(70)65-28-10-9-16-51(65)62(73)78-52(27-21-41-20-18-37(2)38(3)29-41)44-22-24-47(25-23-44)76-36-55(68)63-34-43-14-11-13-42(31-43)32-46(67)35-77-53-17-12-15-49-56(53)61(72)66(60(49)71)50-26-19-40(5)64-58(50)69/h11-15,17-18,20,22-25,29-31,33,48,50-52H,5,8-10,16,19,21,26-28,32,34-36H2,1-4,6-7H3,(H,63,68)(H,64,69)/t48-,50?,51-,52?/m0/s1. The number of nitrogens with one attached hydrogen (secondary N) is 2. The fourth-order valence-electron chi connectivity index (χ4n) is 10.5. The van der Waals surface area contributed by atoms with Gasteiger partial charge in [-0.05, 0) is 147 Å². The first-order valence-electron chi connectivity index (χ1n) is 26.6. The number of carbonyl (C=O) groups excluding carboxylic acids is 7. The number of methoxy groups -OCH3 is 2. The number of likely N-dealkylation sites (tertiary alicyclic amines) is 1. The molecule has 0 radical (unpaired) electrons. The lowest BCUT2D eigenvalue weighted by Crippen LogP contribution is -2.51. The zero-order chi connectivity index (χ0) is 55.6. The third-order valence-corrected chi connectivity index (χ3v) is 14.8. The number of carbonyl (C=O) groups is 7. The lowest BCUT2D eigenvalue weighted by molar-refractivity contribution is -0.162. The Morgan fingerprint density at radius 3 is 2.26 bits per heavy atom. The van der Waals surface area contributed by atoms with Crippen LogP contribution in [0.4, 0.5) is 0 Å². The second-order valence-electron chi connectivity index (χ2n) is 20.2. The molecule has 2 N–H and O–H groups in total. The van der Waals surface area contributed by atoms with Gasteiger partial charge >= 0.3 is 5.97 Å². The Morgan fingerprint density at radius 2 is 1.53 bits per heavy atom. The van der Waals surface area contributed by atoms with E-state index in [4.69, 9.17) is 23.7 Å². The minimum absolute atomic E-state index is 0.00622. The minimum atomic E-state index is -0.978. The van der Waals surface area contributed by atoms with Gasteiger partial charge < -0.3 is 39.2 Å². The van der Waals surface area contributed by atoms with E-state index in [0.717, 1.165) is 45.6 Å². The molecular weight excluding hydrogens is 993 g/mol. The van der Waals surface area contributed by atoms with Crippen molar-refractivity contribution >= 4 is 41.3 Å². The smallest absolute Gasteiger partial charge is 0.329 e. The highest BCUT2D eigenvalue weighted by Crippen LogP contribution is 2.38. The molecule has 4 atom stereocenters. The summed E-state index contributed by atoms with van der Waals surface area (Å²) in [7, 11) is 3.15. The highest BCUT2D eigenvalue weighted by Gasteiger charge is 2.45. The minimum Gasteiger partial charge on any atom is -0.493 e. The second kappa shape index (κ2) is 25.3. The predicted molar refractivity (Wildman–Crippen MR) is 291 cm³/mol. The number of nitrogens with zero attached hydrogens (tertiary/aromatic N) is 2. The van der Waals surface area contributed by atoms with Gasteiger partial charge in [-0.3, -0.25) is 33.7 Å². The van der Waals surface area contributed by atoms with Crippen molar-refractivity contribution in [3.63, 3.8) is 0 Å². The molecule has 0 spiro atoms. The first-order chi connectivity index (χ1) is 37.6. The number of Topliss-reactive ketones (excluding diaryl/α,β-unsaturated/α-hetero) is 1. The summed E-state index contributed by atoms with van der Waals surface area (Å²) in [5.41, 5.74) is 7.93. The molecule has 2 unspecified atom stereocenters. The number of benzene rings is 5. The Balaban J connectivity index is 0.856. The molecule has 0 saturated carbocycles. The van der Waals surface area contributed by atoms with E-state index in [2.05, 4.69) is 49.3 Å². The molecule has 5 aromatic rings. The van der Waals surface area contributed by atoms with Crippen LogP contribution in [-0.4, -0.2) is 97.2 Å². The Bertz CT molecular complexity index is 3110. The van der Waals surface area contributed by atoms with Crippen molar-refractivity contribution in [1.29, 1.82) is 0 Å². The summed E-state index contributed by atoms with van der Waals surface area (Å²) >= 11 is 0. The summed E-state index contributed by atoms with van der Waals surface area (Å²) in [5.74, 6) is -1.81. The molecular formula is C62H68N4O12. The number of ketones is 1. The average molecular weight is 1060 g/mol. The van der Waals surface area contributed by atoms with Crippen LogP contribution in [0.1, 0.15) is 129 Å². The van der Waals surface area contributed by atoms with Gasteiger partial charge in [-0.2, -0.15) is 0 Å². The fraction of sp³-hybridized carbons (Fsp3) is 0.371. The predicted octanol–water partition coefficient (Wildman–Crippen LogP) is 8.70. The summed E-state index contributed by atoms with van der Waals surface area (Å²) in [6, 6.07) is 27.3. The zero-order valence-corrected chi connectivity index (χ0v) is 45.2. The molecule has 16 nitrogen and oxygen atoms in total. The van der Waals surface area contributed by atoms with Crippen molar-refractivity contribution in [2.75, 3.05) is 34.0 Å². The highest BCUT2D eigenvalue weighted by molar-refractivity contribution is 6.24. The van der Waals surface area contributed by atoms with Crippen LogP contribution < -0.4 is 29.6 Å². The first kappa shape index (κ1) is 55.9. The third kappa shape index (κ3) is 12.9. The normalized spacial score (nSPS) is 16.9. The Kier molecular flexibility index (Phi) is 18.1. The molecule has 8 rings (SSSR count). The van der Waals surface area contributed by atoms with E-state index in [9.17, 15) is 33.6 Å². The molecule has 5 amide bonds. The number of piperidine rings is 2. The van der Waals surface area contributed by atoms with Crippen LogP contribution in [0.15, 0.2) is 109 Å². The molecule has 3 aliphatic rings. The van der Waals surface area contributed by atoms with Gasteiger partial charge in [0.05, 0.1) is 31.3 Å². The van der Waals surface area contributed by atoms with Crippen molar-refractivity contribution < 1.29 is 57.2 Å². The summed E-state index contributed by atoms with van der Waals surface area (Å²) in [4.78, 5) is 97.2. The van der Waals surface area contributed by atoms with Crippen LogP contribution in [0.3, 0.4) is 0 Å². The van der Waals surface area contributed by atoms with E-state index in [-0.39, 0.29) is 67.1 Å². The lowest BCUT2D eigenvalue weighted by atomic mass is 9.91. The Labute approximate surface area is 455 Å². The van der Waals surface area contributed by atoms with Crippen LogP contribution in [0.2, 0.25) is 0 Å². The van der Waals surface area contributed by atoms with Gasteiger partial charge in [-0.25, -0.2) is 4.79 Å². The van der Waals surface area contributed by atoms with Gasteiger partial charge in [0, 0.05) is 25.2 Å². The molecule has 16 heteroatoms. The van der Waals surface area contributed by atoms with E-state index >= 15 is 0 Å². The summed E-state index contributed by atoms with van der Waals surface area (Å²) < 4.78 is 29.3. The molecule has 0 aliphatic carbocycles. The maximum absolute atomic E-state index is 14.5. The van der Waals surface area contributed by atoms with Gasteiger partial charge in [-0.15, -0.1) is 0 Å². The topological polar surface area (TPSA) is 196 Å². The van der Waals surface area contributed by atoms with Crippen molar-refractivity contribution in [3.8, 4) is 23.0 Å². The van der Waals surface area contributed by atoms with E-state index in [1.54, 1.807) is 55.5 Å². The van der Waals surface area contributed by atoms with E-state index in [1.807, 2.05) is 44.2 Å². The second-order valence-corrected chi connectivity index (χ2v) is 20.2. The number of allylic oxidation sites excluding steroid dienone is 1. The summed E-state index contributed by atoms with van der Waals surface area (Å²) in [5, 5.41) is 5.48. The number of ether oxygens (including phenoxy) is 5. The molecule has 2 fully saturated rings. The number of rotatable bonds is 22. The number of imide groups is 1. The largest absolute Gasteiger partial charge is 0.493 e. The molecule has 78 heavy (non-hydrogen) atoms. The molecule has 5 aromatic carbocycles. The fourth-order valence-corrected chi connectivity index (χ4v) is 10.5. The number of hydrogen-bond acceptors (Lipinski definition) is 12. The number of esters is 1. The molecule has 0 aromatic heterocycles. The van der Waals surface area contributed by atoms with Gasteiger partial charge in [0.2, 0.25) is 11.8 Å². The van der Waals surface area contributed by atoms with Gasteiger partial charge in [-0.1, -0.05) is 80.2 Å². The van der Waals surface area contributed by atoms with Crippen LogP contribution in [-0.2, 0) is 48.1 Å². The van der Waals surface area contributed by atoms with Crippen molar-refractivity contribution in [2.24, 2.45) is 0 Å². The van der Waals surface area contributed by atoms with Crippen LogP contribution in [0, 0.1) is 20.8 Å². The first-order valence-corrected chi connectivity index (χ1v) is 26.6. The van der Waals surface area contributed by atoms with Crippen molar-refractivity contribution in [3.05, 3.63) is 165 Å². The average Bonchev–Trinajstić information content (AvgIpc) is 3.77. The maximum atomic E-state index is 14.5. The SMILES string of the molecule is C=C1CCC(N2C(=O)c3cccc(OCC(=O)Cc4cccc(CNC(=O)COc5ccc(C(CCc6ccc(C)c(C)c6)OC(=O)[C@@H]6CCCCN6C(=O)[C@@H](CC)c6cc(C)c(OC)c(OC)c6)cc5)c4)c3C2=O)C(=O)N1. The van der Waals surface area contributed by atoms with Crippen LogP contribution in [0.5, 0.6) is 23.0 Å². The summed E-state index contributed by atoms with van der Waals surface area (Å²) in [6.07, 6.45) is 3.75. The van der Waals surface area contributed by atoms with E-state index < -0.39 is 47.8 Å². The van der Waals surface area contributed by atoms with Crippen LogP contribution >= 0.6 is 0 Å². The molecule has 408 valence electrons. The number of aryl methyl sites for hydroxylation is 4. The Morgan fingerprint density at radius 1 is 0.756 bits per heavy atom. The van der Waals surface area contributed by atoms with Crippen molar-refractivity contribution in [1.82, 2.24) is 20.4 Å². The van der Waals surface area contributed by atoms with Gasteiger partial charge in [0.1, 0.15) is 36.3 Å². The van der Waals surface area contributed by atoms with E-state index in [1.165, 1.54) is 23.3 Å². The van der Waals surface area contributed by atoms with Crippen LogP contribution in [0.25, 0.3) is 0 Å². The third-order valence-electron chi connectivity index (χ3n) is 14.8. The lowest BCUT2D eigenvalue weighted by Gasteiger charge is -2.37. The number of amides is 5. The molecule has 2 saturated heterocycles. The molecule has 3 heterocycles. The maximum Gasteiger partial charge on any atom is 0.329 e. The number of hydrogen-bond donors (Lipinski definition) is 2. The molecule has 3 aliphatic heterocycles. The number of fused-ring (bicyclic) bond motifs is 1. The molecule has 0 bridgehead atoms. The van der Waals surface area contributed by atoms with Gasteiger partial charge in [0.25, 0.3) is 17.7 Å². The zero-order valence-electron chi connectivity index (χ0n) is 45.2. The summed E-state index contributed by atoms with van der Waals surface area (Å²) in [6.45, 7) is 11.7. The van der Waals surface area contributed by atoms with E-state index in [0.29, 0.717) is 67.2 Å². The highest BCUT2D eigenvalue weighted by atomic mass is 16.5. The quantitative estimate of drug-likeness (QED) is 0.0495. The van der Waals surface area contributed by atoms with Gasteiger partial charge in [0.15, 0.2) is 23.9 Å². The Hall–Kier alpha value is -8.27.